The Morgan fingerprint density at radius 2 is 2.13 bits per heavy atom. The third kappa shape index (κ3) is 5.26. The molecule has 1 fully saturated rings. The molecule has 1 saturated heterocycles. The van der Waals surface area contributed by atoms with Gasteiger partial charge in [0.1, 0.15) is 0 Å². The van der Waals surface area contributed by atoms with E-state index >= 15 is 0 Å². The fourth-order valence-corrected chi connectivity index (χ4v) is 3.72. The highest BCUT2D eigenvalue weighted by molar-refractivity contribution is 7.99. The Morgan fingerprint density at radius 3 is 2.67 bits per heavy atom. The average molecular weight is 229 g/mol. The lowest BCUT2D eigenvalue weighted by Crippen LogP contribution is -2.36. The minimum atomic E-state index is 0.795. The molecule has 1 rings (SSSR count). The van der Waals surface area contributed by atoms with Gasteiger partial charge in [0.15, 0.2) is 0 Å². The second kappa shape index (κ2) is 7.56. The molecule has 0 aliphatic carbocycles. The van der Waals surface area contributed by atoms with Gasteiger partial charge >= 0.3 is 0 Å². The zero-order chi connectivity index (χ0) is 11.1. The summed E-state index contributed by atoms with van der Waals surface area (Å²) in [7, 11) is 0. The van der Waals surface area contributed by atoms with E-state index in [1.165, 1.54) is 37.2 Å². The predicted molar refractivity (Wildman–Crippen MR) is 71.6 cm³/mol. The van der Waals surface area contributed by atoms with E-state index in [-0.39, 0.29) is 0 Å². The Morgan fingerprint density at radius 1 is 1.33 bits per heavy atom. The van der Waals surface area contributed by atoms with Crippen LogP contribution in [-0.2, 0) is 0 Å². The maximum absolute atomic E-state index is 3.68. The van der Waals surface area contributed by atoms with Gasteiger partial charge in [-0.2, -0.15) is 11.8 Å². The molecule has 0 aromatic carbocycles. The van der Waals surface area contributed by atoms with Crippen molar-refractivity contribution in [2.24, 2.45) is 11.8 Å². The van der Waals surface area contributed by atoms with Crippen LogP contribution in [0.15, 0.2) is 0 Å². The molecule has 1 aliphatic heterocycles. The molecule has 0 aromatic rings. The highest BCUT2D eigenvalue weighted by atomic mass is 32.2. The van der Waals surface area contributed by atoms with Crippen LogP contribution in [0.4, 0.5) is 0 Å². The fraction of sp³-hybridized carbons (Fsp3) is 1.00. The van der Waals surface area contributed by atoms with Crippen molar-refractivity contribution >= 4 is 11.8 Å². The van der Waals surface area contributed by atoms with Crippen molar-refractivity contribution in [2.75, 3.05) is 18.1 Å². The highest BCUT2D eigenvalue weighted by Gasteiger charge is 2.24. The summed E-state index contributed by atoms with van der Waals surface area (Å²) < 4.78 is 0. The minimum Gasteiger partial charge on any atom is -0.314 e. The smallest absolute Gasteiger partial charge is 0.0103 e. The maximum Gasteiger partial charge on any atom is 0.0103 e. The molecular weight excluding hydrogens is 202 g/mol. The largest absolute Gasteiger partial charge is 0.314 e. The van der Waals surface area contributed by atoms with Gasteiger partial charge in [0.2, 0.25) is 0 Å². The lowest BCUT2D eigenvalue weighted by atomic mass is 9.93. The Balaban J connectivity index is 2.23. The van der Waals surface area contributed by atoms with Crippen LogP contribution in [0, 0.1) is 11.8 Å². The molecule has 0 spiro atoms. The van der Waals surface area contributed by atoms with Gasteiger partial charge in [-0.05, 0) is 42.7 Å². The molecule has 0 amide bonds. The van der Waals surface area contributed by atoms with E-state index in [9.17, 15) is 0 Å². The van der Waals surface area contributed by atoms with Crippen molar-refractivity contribution in [3.8, 4) is 0 Å². The quantitative estimate of drug-likeness (QED) is 0.716. The molecule has 1 heterocycles. The van der Waals surface area contributed by atoms with Crippen LogP contribution in [0.3, 0.4) is 0 Å². The van der Waals surface area contributed by atoms with Crippen LogP contribution in [0.2, 0.25) is 0 Å². The average Bonchev–Trinajstić information content (AvgIpc) is 2.68. The van der Waals surface area contributed by atoms with Crippen LogP contribution in [0.5, 0.6) is 0 Å². The first-order valence-electron chi connectivity index (χ1n) is 6.55. The molecule has 2 atom stereocenters. The van der Waals surface area contributed by atoms with E-state index in [1.54, 1.807) is 0 Å². The third-order valence-electron chi connectivity index (χ3n) is 3.30. The molecule has 2 unspecified atom stereocenters. The molecule has 15 heavy (non-hydrogen) atoms. The van der Waals surface area contributed by atoms with Crippen LogP contribution in [0.1, 0.15) is 46.5 Å². The molecular formula is C13H27NS. The van der Waals surface area contributed by atoms with Gasteiger partial charge in [-0.1, -0.05) is 33.6 Å². The van der Waals surface area contributed by atoms with Gasteiger partial charge in [0, 0.05) is 6.04 Å². The predicted octanol–water partition coefficient (Wildman–Crippen LogP) is 3.54. The first-order chi connectivity index (χ1) is 7.24. The van der Waals surface area contributed by atoms with E-state index in [0.717, 1.165) is 24.4 Å². The van der Waals surface area contributed by atoms with E-state index < -0.39 is 0 Å². The third-order valence-corrected chi connectivity index (χ3v) is 4.49. The van der Waals surface area contributed by atoms with Crippen molar-refractivity contribution in [1.82, 2.24) is 5.32 Å². The summed E-state index contributed by atoms with van der Waals surface area (Å²) in [5.74, 6) is 4.59. The monoisotopic (exact) mass is 229 g/mol. The Kier molecular flexibility index (Phi) is 6.74. The normalized spacial score (nSPS) is 23.6. The van der Waals surface area contributed by atoms with Gasteiger partial charge in [-0.15, -0.1) is 0 Å². The summed E-state index contributed by atoms with van der Waals surface area (Å²) in [5.41, 5.74) is 0. The van der Waals surface area contributed by atoms with Gasteiger partial charge in [-0.25, -0.2) is 0 Å². The second-order valence-electron chi connectivity index (χ2n) is 5.11. The zero-order valence-electron chi connectivity index (χ0n) is 10.6. The molecule has 1 N–H and O–H groups in total. The standard InChI is InChI=1S/C13H27NS/c1-4-14-13(7-5-6-11(2)3)12-8-9-15-10-12/h11-14H,4-10H2,1-3H3. The van der Waals surface area contributed by atoms with Gasteiger partial charge in [0.05, 0.1) is 0 Å². The number of thioether (sulfide) groups is 1. The van der Waals surface area contributed by atoms with Crippen molar-refractivity contribution in [3.05, 3.63) is 0 Å². The number of hydrogen-bond acceptors (Lipinski definition) is 2. The Hall–Kier alpha value is 0.310. The molecule has 1 nitrogen and oxygen atoms in total. The molecule has 0 saturated carbocycles. The molecule has 2 heteroatoms. The van der Waals surface area contributed by atoms with E-state index in [4.69, 9.17) is 0 Å². The summed E-state index contributed by atoms with van der Waals surface area (Å²) in [6, 6.07) is 0.795. The second-order valence-corrected chi connectivity index (χ2v) is 6.26. The van der Waals surface area contributed by atoms with E-state index in [0.29, 0.717) is 0 Å². The van der Waals surface area contributed by atoms with Gasteiger partial charge in [0.25, 0.3) is 0 Å². The van der Waals surface area contributed by atoms with Gasteiger partial charge < -0.3 is 5.32 Å². The summed E-state index contributed by atoms with van der Waals surface area (Å²) >= 11 is 2.14. The van der Waals surface area contributed by atoms with Crippen molar-refractivity contribution < 1.29 is 0 Å². The first-order valence-corrected chi connectivity index (χ1v) is 7.70. The van der Waals surface area contributed by atoms with Crippen molar-refractivity contribution in [1.29, 1.82) is 0 Å². The van der Waals surface area contributed by atoms with Crippen LogP contribution >= 0.6 is 11.8 Å². The molecule has 0 aromatic heterocycles. The topological polar surface area (TPSA) is 12.0 Å². The SMILES string of the molecule is CCNC(CCCC(C)C)C1CCSC1. The van der Waals surface area contributed by atoms with Crippen molar-refractivity contribution in [2.45, 2.75) is 52.5 Å². The molecule has 1 aliphatic rings. The van der Waals surface area contributed by atoms with E-state index in [1.807, 2.05) is 0 Å². The summed E-state index contributed by atoms with van der Waals surface area (Å²) in [4.78, 5) is 0. The zero-order valence-corrected chi connectivity index (χ0v) is 11.4. The molecule has 0 radical (unpaired) electrons. The van der Waals surface area contributed by atoms with Crippen LogP contribution in [-0.4, -0.2) is 24.1 Å². The lowest BCUT2D eigenvalue weighted by molar-refractivity contribution is 0.350. The Labute approximate surface area is 99.8 Å². The van der Waals surface area contributed by atoms with E-state index in [2.05, 4.69) is 37.8 Å². The van der Waals surface area contributed by atoms with Crippen LogP contribution < -0.4 is 5.32 Å². The van der Waals surface area contributed by atoms with Crippen molar-refractivity contribution in [3.63, 3.8) is 0 Å². The number of nitrogens with one attached hydrogen (secondary N) is 1. The number of rotatable bonds is 7. The lowest BCUT2D eigenvalue weighted by Gasteiger charge is -2.24. The molecule has 90 valence electrons. The van der Waals surface area contributed by atoms with Gasteiger partial charge in [-0.3, -0.25) is 0 Å². The maximum atomic E-state index is 3.68. The summed E-state index contributed by atoms with van der Waals surface area (Å²) in [6.45, 7) is 8.02. The van der Waals surface area contributed by atoms with Crippen LogP contribution in [0.25, 0.3) is 0 Å². The number of hydrogen-bond donors (Lipinski definition) is 1. The molecule has 0 bridgehead atoms. The highest BCUT2D eigenvalue weighted by Crippen LogP contribution is 2.28. The first kappa shape index (κ1) is 13.4. The summed E-state index contributed by atoms with van der Waals surface area (Å²) in [6.07, 6.45) is 5.61. The minimum absolute atomic E-state index is 0.795. The Bertz CT molecular complexity index is 153. The summed E-state index contributed by atoms with van der Waals surface area (Å²) in [5, 5.41) is 3.68. The fourth-order valence-electron chi connectivity index (χ4n) is 2.38.